The zero-order valence-corrected chi connectivity index (χ0v) is 12.9. The van der Waals surface area contributed by atoms with Gasteiger partial charge < -0.3 is 0 Å². The maximum Gasteiger partial charge on any atom is 0.329 e. The van der Waals surface area contributed by atoms with E-state index in [1.807, 2.05) is 30.3 Å². The van der Waals surface area contributed by atoms with Gasteiger partial charge in [-0.3, -0.25) is 14.3 Å². The number of H-pyrrole nitrogens is 1. The van der Waals surface area contributed by atoms with Gasteiger partial charge in [0.2, 0.25) is 0 Å². The molecule has 0 atom stereocenters. The number of hydrogen-bond acceptors (Lipinski definition) is 3. The molecule has 0 fully saturated rings. The third-order valence-electron chi connectivity index (χ3n) is 4.28. The van der Waals surface area contributed by atoms with Gasteiger partial charge in [-0.15, -0.1) is 11.3 Å². The molecule has 0 saturated heterocycles. The summed E-state index contributed by atoms with van der Waals surface area (Å²) >= 11 is 1.57. The van der Waals surface area contributed by atoms with Crippen molar-refractivity contribution < 1.29 is 0 Å². The highest BCUT2D eigenvalue weighted by Crippen LogP contribution is 2.32. The summed E-state index contributed by atoms with van der Waals surface area (Å²) in [6.45, 7) is 0.315. The Labute approximate surface area is 131 Å². The van der Waals surface area contributed by atoms with E-state index in [-0.39, 0.29) is 11.2 Å². The van der Waals surface area contributed by atoms with Gasteiger partial charge >= 0.3 is 5.69 Å². The molecule has 0 spiro atoms. The van der Waals surface area contributed by atoms with Gasteiger partial charge in [-0.2, -0.15) is 0 Å². The molecular weight excluding hydrogens is 296 g/mol. The lowest BCUT2D eigenvalue weighted by Gasteiger charge is -2.10. The Kier molecular flexibility index (Phi) is 3.22. The molecule has 0 amide bonds. The highest BCUT2D eigenvalue weighted by molar-refractivity contribution is 7.18. The summed E-state index contributed by atoms with van der Waals surface area (Å²) in [7, 11) is 0. The zero-order valence-electron chi connectivity index (χ0n) is 12.1. The lowest BCUT2D eigenvalue weighted by Crippen LogP contribution is -2.35. The van der Waals surface area contributed by atoms with Crippen LogP contribution in [0.2, 0.25) is 0 Å². The van der Waals surface area contributed by atoms with Gasteiger partial charge in [0.1, 0.15) is 4.83 Å². The molecule has 4 rings (SSSR count). The van der Waals surface area contributed by atoms with Crippen molar-refractivity contribution in [3.63, 3.8) is 0 Å². The Balaban J connectivity index is 1.92. The normalized spacial score (nSPS) is 14.2. The van der Waals surface area contributed by atoms with E-state index in [0.717, 1.165) is 40.6 Å². The van der Waals surface area contributed by atoms with Crippen molar-refractivity contribution in [3.8, 4) is 0 Å². The summed E-state index contributed by atoms with van der Waals surface area (Å²) in [5.41, 5.74) is 1.65. The number of nitrogens with zero attached hydrogens (tertiary/aromatic N) is 1. The molecule has 0 radical (unpaired) electrons. The Morgan fingerprint density at radius 2 is 1.86 bits per heavy atom. The van der Waals surface area contributed by atoms with E-state index in [4.69, 9.17) is 0 Å². The molecule has 4 nitrogen and oxygen atoms in total. The quantitative estimate of drug-likeness (QED) is 0.791. The van der Waals surface area contributed by atoms with Crippen LogP contribution in [-0.4, -0.2) is 9.55 Å². The molecule has 2 heterocycles. The fraction of sp³-hybridized carbons (Fsp3) is 0.294. The Hall–Kier alpha value is -2.14. The van der Waals surface area contributed by atoms with Crippen molar-refractivity contribution in [2.75, 3.05) is 0 Å². The van der Waals surface area contributed by atoms with Gasteiger partial charge in [0, 0.05) is 4.88 Å². The van der Waals surface area contributed by atoms with Crippen LogP contribution in [0.15, 0.2) is 39.9 Å². The first-order valence-corrected chi connectivity index (χ1v) is 8.37. The topological polar surface area (TPSA) is 54.9 Å². The zero-order chi connectivity index (χ0) is 15.1. The molecule has 1 aliphatic rings. The number of benzene rings is 1. The maximum atomic E-state index is 12.8. The van der Waals surface area contributed by atoms with E-state index in [9.17, 15) is 9.59 Å². The number of fused-ring (bicyclic) bond motifs is 3. The van der Waals surface area contributed by atoms with E-state index in [0.29, 0.717) is 6.54 Å². The predicted octanol–water partition coefficient (Wildman–Crippen LogP) is 2.68. The molecular formula is C17H16N2O2S. The standard InChI is InChI=1S/C17H16N2O2S/c20-16-14-12-8-4-5-9-13(12)22-15(14)18-17(21)19(16)10-11-6-2-1-3-7-11/h1-3,6-7H,4-5,8-10H2,(H,18,21). The number of thiophene rings is 1. The number of rotatable bonds is 2. The minimum atomic E-state index is -0.319. The van der Waals surface area contributed by atoms with Crippen molar-refractivity contribution in [3.05, 3.63) is 67.2 Å². The van der Waals surface area contributed by atoms with Gasteiger partial charge in [-0.05, 0) is 36.8 Å². The average molecular weight is 312 g/mol. The van der Waals surface area contributed by atoms with Crippen LogP contribution in [0.1, 0.15) is 28.8 Å². The molecule has 1 N–H and O–H groups in total. The highest BCUT2D eigenvalue weighted by Gasteiger charge is 2.20. The van der Waals surface area contributed by atoms with E-state index < -0.39 is 0 Å². The Bertz CT molecular complexity index is 950. The minimum absolute atomic E-state index is 0.151. The second-order valence-electron chi connectivity index (χ2n) is 5.72. The first-order chi connectivity index (χ1) is 10.7. The van der Waals surface area contributed by atoms with Crippen molar-refractivity contribution in [1.82, 2.24) is 9.55 Å². The van der Waals surface area contributed by atoms with Gasteiger partial charge in [0.25, 0.3) is 5.56 Å². The van der Waals surface area contributed by atoms with Crippen LogP contribution in [0.5, 0.6) is 0 Å². The second-order valence-corrected chi connectivity index (χ2v) is 6.83. The summed E-state index contributed by atoms with van der Waals surface area (Å²) in [4.78, 5) is 30.0. The summed E-state index contributed by atoms with van der Waals surface area (Å²) in [5.74, 6) is 0. The van der Waals surface area contributed by atoms with Crippen LogP contribution in [0.3, 0.4) is 0 Å². The van der Waals surface area contributed by atoms with Gasteiger partial charge in [0.15, 0.2) is 0 Å². The third kappa shape index (κ3) is 2.13. The number of aromatic amines is 1. The first-order valence-electron chi connectivity index (χ1n) is 7.55. The van der Waals surface area contributed by atoms with Crippen LogP contribution in [0.25, 0.3) is 10.2 Å². The molecule has 0 bridgehead atoms. The van der Waals surface area contributed by atoms with E-state index in [1.165, 1.54) is 15.9 Å². The van der Waals surface area contributed by atoms with Crippen molar-refractivity contribution in [1.29, 1.82) is 0 Å². The predicted molar refractivity (Wildman–Crippen MR) is 88.9 cm³/mol. The molecule has 1 aliphatic carbocycles. The molecule has 2 aromatic heterocycles. The Morgan fingerprint density at radius 3 is 2.68 bits per heavy atom. The van der Waals surface area contributed by atoms with Gasteiger partial charge in [-0.25, -0.2) is 4.79 Å². The van der Waals surface area contributed by atoms with E-state index in [2.05, 4.69) is 4.98 Å². The molecule has 0 saturated carbocycles. The molecule has 112 valence electrons. The number of hydrogen-bond donors (Lipinski definition) is 1. The summed E-state index contributed by atoms with van der Waals surface area (Å²) in [6, 6.07) is 9.62. The monoisotopic (exact) mass is 312 g/mol. The fourth-order valence-corrected chi connectivity index (χ4v) is 4.45. The van der Waals surface area contributed by atoms with Gasteiger partial charge in [0.05, 0.1) is 11.9 Å². The molecule has 22 heavy (non-hydrogen) atoms. The fourth-order valence-electron chi connectivity index (χ4n) is 3.18. The summed E-state index contributed by atoms with van der Waals surface area (Å²) in [5, 5.41) is 0.732. The highest BCUT2D eigenvalue weighted by atomic mass is 32.1. The first kappa shape index (κ1) is 13.5. The van der Waals surface area contributed by atoms with Crippen LogP contribution in [0.4, 0.5) is 0 Å². The van der Waals surface area contributed by atoms with Gasteiger partial charge in [-0.1, -0.05) is 30.3 Å². The maximum absolute atomic E-state index is 12.8. The molecule has 0 unspecified atom stereocenters. The average Bonchev–Trinajstić information content (AvgIpc) is 2.90. The molecule has 3 aromatic rings. The lowest BCUT2D eigenvalue weighted by molar-refractivity contribution is 0.692. The number of aryl methyl sites for hydroxylation is 2. The minimum Gasteiger partial charge on any atom is -0.298 e. The second kappa shape index (κ2) is 5.25. The van der Waals surface area contributed by atoms with Crippen molar-refractivity contribution in [2.24, 2.45) is 0 Å². The van der Waals surface area contributed by atoms with Crippen LogP contribution < -0.4 is 11.2 Å². The summed E-state index contributed by atoms with van der Waals surface area (Å²) < 4.78 is 1.32. The van der Waals surface area contributed by atoms with Crippen LogP contribution >= 0.6 is 11.3 Å². The SMILES string of the molecule is O=c1[nH]c2sc3c(c2c(=O)n1Cc1ccccc1)CCCC3. The third-order valence-corrected chi connectivity index (χ3v) is 5.49. The molecule has 1 aromatic carbocycles. The molecule has 0 aliphatic heterocycles. The number of aromatic nitrogens is 2. The smallest absolute Gasteiger partial charge is 0.298 e. The Morgan fingerprint density at radius 1 is 1.09 bits per heavy atom. The van der Waals surface area contributed by atoms with E-state index in [1.54, 1.807) is 11.3 Å². The van der Waals surface area contributed by atoms with Crippen molar-refractivity contribution >= 4 is 21.6 Å². The lowest BCUT2D eigenvalue weighted by atomic mass is 9.97. The summed E-state index contributed by atoms with van der Waals surface area (Å²) in [6.07, 6.45) is 4.26. The molecule has 5 heteroatoms. The largest absolute Gasteiger partial charge is 0.329 e. The van der Waals surface area contributed by atoms with Crippen molar-refractivity contribution in [2.45, 2.75) is 32.2 Å². The van der Waals surface area contributed by atoms with Crippen LogP contribution in [0, 0.1) is 0 Å². The number of nitrogens with one attached hydrogen (secondary N) is 1. The van der Waals surface area contributed by atoms with Crippen LogP contribution in [-0.2, 0) is 19.4 Å². The van der Waals surface area contributed by atoms with E-state index >= 15 is 0 Å².